The average molecular weight is 269 g/mol. The number of ketones is 1. The van der Waals surface area contributed by atoms with Crippen LogP contribution in [-0.2, 0) is 0 Å². The third-order valence-electron chi connectivity index (χ3n) is 2.85. The van der Waals surface area contributed by atoms with Gasteiger partial charge in [0.2, 0.25) is 0 Å². The number of benzene rings is 2. The summed E-state index contributed by atoms with van der Waals surface area (Å²) < 4.78 is 13.1. The van der Waals surface area contributed by atoms with Crippen LogP contribution in [0.5, 0.6) is 0 Å². The second-order valence-corrected chi connectivity index (χ2v) is 4.69. The lowest BCUT2D eigenvalue weighted by Gasteiger charge is -2.06. The molecule has 3 heteroatoms. The van der Waals surface area contributed by atoms with E-state index in [1.54, 1.807) is 31.2 Å². The molecule has 2 aromatic rings. The number of hydrogen-bond acceptors (Lipinski definition) is 2. The molecule has 0 aliphatic carbocycles. The molecule has 1 N–H and O–H groups in total. The first-order chi connectivity index (χ1) is 9.54. The summed E-state index contributed by atoms with van der Waals surface area (Å²) in [4.78, 5) is 12.0. The van der Waals surface area contributed by atoms with E-state index in [-0.39, 0.29) is 11.6 Å². The number of aryl methyl sites for hydroxylation is 1. The Morgan fingerprint density at radius 1 is 1.15 bits per heavy atom. The van der Waals surface area contributed by atoms with Crippen molar-refractivity contribution in [1.29, 1.82) is 0 Å². The number of allylic oxidation sites excluding steroid dienone is 2. The highest BCUT2D eigenvalue weighted by atomic mass is 19.1. The SMILES string of the molecule is CC(=CC(=O)c1ccc(C)cc1)Nc1cccc(F)c1. The summed E-state index contributed by atoms with van der Waals surface area (Å²) >= 11 is 0. The van der Waals surface area contributed by atoms with Crippen LogP contribution >= 0.6 is 0 Å². The van der Waals surface area contributed by atoms with Gasteiger partial charge in [-0.15, -0.1) is 0 Å². The van der Waals surface area contributed by atoms with Crippen molar-refractivity contribution >= 4 is 11.5 Å². The predicted octanol–water partition coefficient (Wildman–Crippen LogP) is 4.33. The summed E-state index contributed by atoms with van der Waals surface area (Å²) in [7, 11) is 0. The van der Waals surface area contributed by atoms with Gasteiger partial charge in [-0.05, 0) is 32.0 Å². The second-order valence-electron chi connectivity index (χ2n) is 4.69. The highest BCUT2D eigenvalue weighted by Crippen LogP contribution is 2.12. The Labute approximate surface area is 118 Å². The van der Waals surface area contributed by atoms with Crippen LogP contribution < -0.4 is 5.32 Å². The molecule has 0 saturated carbocycles. The van der Waals surface area contributed by atoms with Gasteiger partial charge in [-0.3, -0.25) is 4.79 Å². The topological polar surface area (TPSA) is 29.1 Å². The molecule has 2 nitrogen and oxygen atoms in total. The first kappa shape index (κ1) is 14.0. The van der Waals surface area contributed by atoms with E-state index in [0.717, 1.165) is 5.56 Å². The first-order valence-electron chi connectivity index (χ1n) is 6.36. The molecule has 0 aromatic heterocycles. The van der Waals surface area contributed by atoms with Crippen molar-refractivity contribution in [3.05, 3.63) is 77.2 Å². The molecule has 20 heavy (non-hydrogen) atoms. The Morgan fingerprint density at radius 3 is 2.50 bits per heavy atom. The van der Waals surface area contributed by atoms with E-state index in [1.165, 1.54) is 18.2 Å². The fraction of sp³-hybridized carbons (Fsp3) is 0.118. The maximum Gasteiger partial charge on any atom is 0.187 e. The molecule has 2 rings (SSSR count). The number of carbonyl (C=O) groups is 1. The molecule has 0 saturated heterocycles. The standard InChI is InChI=1S/C17H16FNO/c1-12-6-8-14(9-7-12)17(20)10-13(2)19-16-5-3-4-15(18)11-16/h3-11,19H,1-2H3. The minimum absolute atomic E-state index is 0.0774. The number of halogens is 1. The zero-order valence-corrected chi connectivity index (χ0v) is 11.5. The van der Waals surface area contributed by atoms with Crippen LogP contribution in [0.3, 0.4) is 0 Å². The van der Waals surface area contributed by atoms with Gasteiger partial charge in [0, 0.05) is 23.0 Å². The highest BCUT2D eigenvalue weighted by molar-refractivity contribution is 6.05. The van der Waals surface area contributed by atoms with Crippen LogP contribution in [0.15, 0.2) is 60.3 Å². The molecular formula is C17H16FNO. The maximum absolute atomic E-state index is 13.1. The van der Waals surface area contributed by atoms with Gasteiger partial charge < -0.3 is 5.32 Å². The molecule has 0 unspecified atom stereocenters. The van der Waals surface area contributed by atoms with E-state index in [0.29, 0.717) is 16.9 Å². The minimum Gasteiger partial charge on any atom is -0.359 e. The van der Waals surface area contributed by atoms with E-state index in [2.05, 4.69) is 5.32 Å². The van der Waals surface area contributed by atoms with Crippen LogP contribution in [0.4, 0.5) is 10.1 Å². The Bertz CT molecular complexity index is 644. The van der Waals surface area contributed by atoms with E-state index in [4.69, 9.17) is 0 Å². The number of rotatable bonds is 4. The molecular weight excluding hydrogens is 253 g/mol. The second kappa shape index (κ2) is 6.15. The van der Waals surface area contributed by atoms with Crippen molar-refractivity contribution in [2.24, 2.45) is 0 Å². The van der Waals surface area contributed by atoms with Gasteiger partial charge in [0.1, 0.15) is 5.82 Å². The number of hydrogen-bond donors (Lipinski definition) is 1. The van der Waals surface area contributed by atoms with Crippen molar-refractivity contribution in [2.75, 3.05) is 5.32 Å². The molecule has 0 spiro atoms. The summed E-state index contributed by atoms with van der Waals surface area (Å²) in [6, 6.07) is 13.5. The molecule has 0 bridgehead atoms. The predicted molar refractivity (Wildman–Crippen MR) is 79.3 cm³/mol. The summed E-state index contributed by atoms with van der Waals surface area (Å²) in [6.45, 7) is 3.75. The molecule has 0 aliphatic rings. The quantitative estimate of drug-likeness (QED) is 0.661. The summed E-state index contributed by atoms with van der Waals surface area (Å²) in [6.07, 6.45) is 1.51. The van der Waals surface area contributed by atoms with Crippen molar-refractivity contribution in [3.63, 3.8) is 0 Å². The Kier molecular flexibility index (Phi) is 4.31. The van der Waals surface area contributed by atoms with Gasteiger partial charge in [0.15, 0.2) is 5.78 Å². The van der Waals surface area contributed by atoms with Crippen LogP contribution in [0, 0.1) is 12.7 Å². The van der Waals surface area contributed by atoms with Crippen molar-refractivity contribution in [1.82, 2.24) is 0 Å². The van der Waals surface area contributed by atoms with E-state index >= 15 is 0 Å². The molecule has 0 fully saturated rings. The van der Waals surface area contributed by atoms with E-state index < -0.39 is 0 Å². The lowest BCUT2D eigenvalue weighted by Crippen LogP contribution is -2.01. The molecule has 0 atom stereocenters. The van der Waals surface area contributed by atoms with Crippen molar-refractivity contribution in [2.45, 2.75) is 13.8 Å². The lowest BCUT2D eigenvalue weighted by molar-refractivity contribution is 0.104. The first-order valence-corrected chi connectivity index (χ1v) is 6.36. The average Bonchev–Trinajstić information content (AvgIpc) is 2.39. The van der Waals surface area contributed by atoms with Gasteiger partial charge >= 0.3 is 0 Å². The molecule has 2 aromatic carbocycles. The van der Waals surface area contributed by atoms with Gasteiger partial charge in [-0.1, -0.05) is 35.9 Å². The molecule has 0 amide bonds. The van der Waals surface area contributed by atoms with Crippen molar-refractivity contribution in [3.8, 4) is 0 Å². The number of carbonyl (C=O) groups excluding carboxylic acids is 1. The zero-order chi connectivity index (χ0) is 14.5. The summed E-state index contributed by atoms with van der Waals surface area (Å²) in [5.74, 6) is -0.390. The normalized spacial score (nSPS) is 11.2. The number of anilines is 1. The Hall–Kier alpha value is -2.42. The van der Waals surface area contributed by atoms with Crippen LogP contribution in [0.25, 0.3) is 0 Å². The monoisotopic (exact) mass is 269 g/mol. The number of nitrogens with one attached hydrogen (secondary N) is 1. The summed E-state index contributed by atoms with van der Waals surface area (Å²) in [5, 5.41) is 3.00. The largest absolute Gasteiger partial charge is 0.359 e. The minimum atomic E-state index is -0.312. The molecule has 102 valence electrons. The van der Waals surface area contributed by atoms with Gasteiger partial charge in [-0.25, -0.2) is 4.39 Å². The smallest absolute Gasteiger partial charge is 0.187 e. The van der Waals surface area contributed by atoms with E-state index in [9.17, 15) is 9.18 Å². The lowest BCUT2D eigenvalue weighted by atomic mass is 10.1. The third-order valence-corrected chi connectivity index (χ3v) is 2.85. The Balaban J connectivity index is 2.10. The molecule has 0 radical (unpaired) electrons. The van der Waals surface area contributed by atoms with E-state index in [1.807, 2.05) is 19.1 Å². The third kappa shape index (κ3) is 3.79. The van der Waals surface area contributed by atoms with Gasteiger partial charge in [-0.2, -0.15) is 0 Å². The molecule has 0 aliphatic heterocycles. The van der Waals surface area contributed by atoms with Crippen LogP contribution in [0.2, 0.25) is 0 Å². The van der Waals surface area contributed by atoms with Crippen LogP contribution in [-0.4, -0.2) is 5.78 Å². The fourth-order valence-electron chi connectivity index (χ4n) is 1.83. The Morgan fingerprint density at radius 2 is 1.85 bits per heavy atom. The van der Waals surface area contributed by atoms with Gasteiger partial charge in [0.25, 0.3) is 0 Å². The zero-order valence-electron chi connectivity index (χ0n) is 11.5. The molecule has 0 heterocycles. The van der Waals surface area contributed by atoms with Gasteiger partial charge in [0.05, 0.1) is 0 Å². The summed E-state index contributed by atoms with van der Waals surface area (Å²) in [5.41, 5.74) is 3.03. The highest BCUT2D eigenvalue weighted by Gasteiger charge is 2.03. The fourth-order valence-corrected chi connectivity index (χ4v) is 1.83. The van der Waals surface area contributed by atoms with Crippen molar-refractivity contribution < 1.29 is 9.18 Å². The maximum atomic E-state index is 13.1. The van der Waals surface area contributed by atoms with Crippen LogP contribution in [0.1, 0.15) is 22.8 Å².